The Bertz CT molecular complexity index is 357. The lowest BCUT2D eigenvalue weighted by molar-refractivity contribution is 0.175. The SMILES string of the molecule is CCNC(=NCC(CC)(CC)CCO)NCC(C)N(C)C1CC1.I. The molecule has 0 spiro atoms. The Morgan fingerprint density at radius 1 is 1.25 bits per heavy atom. The lowest BCUT2D eigenvalue weighted by atomic mass is 9.79. The van der Waals surface area contributed by atoms with E-state index < -0.39 is 0 Å². The molecule has 1 unspecified atom stereocenters. The minimum atomic E-state index is 0. The van der Waals surface area contributed by atoms with Crippen LogP contribution in [0.25, 0.3) is 0 Å². The highest BCUT2D eigenvalue weighted by Gasteiger charge is 2.29. The molecule has 0 saturated heterocycles. The van der Waals surface area contributed by atoms with Crippen LogP contribution >= 0.6 is 24.0 Å². The molecule has 3 N–H and O–H groups in total. The van der Waals surface area contributed by atoms with Crippen molar-refractivity contribution in [3.05, 3.63) is 0 Å². The van der Waals surface area contributed by atoms with E-state index >= 15 is 0 Å². The smallest absolute Gasteiger partial charge is 0.191 e. The molecule has 24 heavy (non-hydrogen) atoms. The first kappa shape index (κ1) is 23.9. The maximum atomic E-state index is 9.34. The topological polar surface area (TPSA) is 59.9 Å². The number of halogens is 1. The van der Waals surface area contributed by atoms with Gasteiger partial charge in [0.1, 0.15) is 0 Å². The van der Waals surface area contributed by atoms with Crippen LogP contribution in [0.1, 0.15) is 59.8 Å². The van der Waals surface area contributed by atoms with Gasteiger partial charge in [0.2, 0.25) is 0 Å². The highest BCUT2D eigenvalue weighted by atomic mass is 127. The Morgan fingerprint density at radius 3 is 2.33 bits per heavy atom. The van der Waals surface area contributed by atoms with Crippen molar-refractivity contribution >= 4 is 29.9 Å². The van der Waals surface area contributed by atoms with Gasteiger partial charge < -0.3 is 15.7 Å². The van der Waals surface area contributed by atoms with Crippen LogP contribution in [0.4, 0.5) is 0 Å². The molecule has 1 atom stereocenters. The van der Waals surface area contributed by atoms with E-state index in [1.807, 2.05) is 0 Å². The summed E-state index contributed by atoms with van der Waals surface area (Å²) in [5.74, 6) is 0.896. The molecule has 0 amide bonds. The number of aliphatic hydroxyl groups is 1. The van der Waals surface area contributed by atoms with Crippen LogP contribution in [0, 0.1) is 5.41 Å². The fraction of sp³-hybridized carbons (Fsp3) is 0.944. The molecule has 1 saturated carbocycles. The normalized spacial score (nSPS) is 16.7. The Labute approximate surface area is 166 Å². The second kappa shape index (κ2) is 12.3. The first-order valence-electron chi connectivity index (χ1n) is 9.36. The third kappa shape index (κ3) is 7.87. The maximum absolute atomic E-state index is 9.34. The van der Waals surface area contributed by atoms with Crippen molar-refractivity contribution in [3.8, 4) is 0 Å². The van der Waals surface area contributed by atoms with Gasteiger partial charge in [0.15, 0.2) is 5.96 Å². The molecule has 1 aliphatic rings. The second-order valence-electron chi connectivity index (χ2n) is 7.00. The third-order valence-corrected chi connectivity index (χ3v) is 5.44. The zero-order chi connectivity index (χ0) is 17.3. The monoisotopic (exact) mass is 454 g/mol. The van der Waals surface area contributed by atoms with E-state index in [1.54, 1.807) is 0 Å². The Balaban J connectivity index is 0.00000529. The summed E-state index contributed by atoms with van der Waals surface area (Å²) in [6, 6.07) is 1.29. The molecule has 0 bridgehead atoms. The van der Waals surface area contributed by atoms with Gasteiger partial charge in [0.25, 0.3) is 0 Å². The number of likely N-dealkylation sites (N-methyl/N-ethyl adjacent to an activating group) is 1. The molecular weight excluding hydrogens is 415 g/mol. The standard InChI is InChI=1S/C18H38N4O.HI/c1-6-18(7-2,11-12-23)14-21-17(19-8-3)20-13-15(4)22(5)16-9-10-16;/h15-16,23H,6-14H2,1-5H3,(H2,19,20,21);1H. The van der Waals surface area contributed by atoms with E-state index in [9.17, 15) is 5.11 Å². The molecule has 1 fully saturated rings. The Kier molecular flexibility index (Phi) is 12.3. The minimum absolute atomic E-state index is 0. The molecule has 0 heterocycles. The summed E-state index contributed by atoms with van der Waals surface area (Å²) in [7, 11) is 2.22. The molecule has 6 heteroatoms. The van der Waals surface area contributed by atoms with Crippen LogP contribution in [-0.4, -0.2) is 61.3 Å². The molecule has 144 valence electrons. The fourth-order valence-corrected chi connectivity index (χ4v) is 2.96. The Hall–Kier alpha value is -0.0800. The van der Waals surface area contributed by atoms with Gasteiger partial charge in [0.05, 0.1) is 0 Å². The summed E-state index contributed by atoms with van der Waals surface area (Å²) in [5, 5.41) is 16.2. The average molecular weight is 454 g/mol. The number of nitrogens with one attached hydrogen (secondary N) is 2. The van der Waals surface area contributed by atoms with Crippen LogP contribution in [0.5, 0.6) is 0 Å². The first-order valence-corrected chi connectivity index (χ1v) is 9.36. The van der Waals surface area contributed by atoms with E-state index in [4.69, 9.17) is 4.99 Å². The molecule has 1 rings (SSSR count). The van der Waals surface area contributed by atoms with Crippen molar-refractivity contribution in [2.24, 2.45) is 10.4 Å². The number of aliphatic imine (C=N–C) groups is 1. The van der Waals surface area contributed by atoms with Gasteiger partial charge in [-0.3, -0.25) is 9.89 Å². The number of nitrogens with zero attached hydrogens (tertiary/aromatic N) is 2. The zero-order valence-electron chi connectivity index (χ0n) is 16.3. The van der Waals surface area contributed by atoms with Crippen molar-refractivity contribution in [1.82, 2.24) is 15.5 Å². The molecule has 0 aromatic carbocycles. The van der Waals surface area contributed by atoms with Crippen molar-refractivity contribution in [2.45, 2.75) is 71.9 Å². The predicted octanol–water partition coefficient (Wildman–Crippen LogP) is 2.83. The van der Waals surface area contributed by atoms with Crippen molar-refractivity contribution < 1.29 is 5.11 Å². The largest absolute Gasteiger partial charge is 0.396 e. The number of hydrogen-bond donors (Lipinski definition) is 3. The van der Waals surface area contributed by atoms with Gasteiger partial charge in [-0.1, -0.05) is 13.8 Å². The van der Waals surface area contributed by atoms with Crippen LogP contribution < -0.4 is 10.6 Å². The van der Waals surface area contributed by atoms with Gasteiger partial charge >= 0.3 is 0 Å². The van der Waals surface area contributed by atoms with E-state index in [1.165, 1.54) is 12.8 Å². The summed E-state index contributed by atoms with van der Waals surface area (Å²) in [5.41, 5.74) is 0.119. The van der Waals surface area contributed by atoms with Crippen LogP contribution in [0.15, 0.2) is 4.99 Å². The zero-order valence-corrected chi connectivity index (χ0v) is 18.6. The highest BCUT2D eigenvalue weighted by molar-refractivity contribution is 14.0. The van der Waals surface area contributed by atoms with Crippen molar-refractivity contribution in [1.29, 1.82) is 0 Å². The number of aliphatic hydroxyl groups excluding tert-OH is 1. The van der Waals surface area contributed by atoms with E-state index in [0.29, 0.717) is 6.04 Å². The molecule has 0 aromatic heterocycles. The van der Waals surface area contributed by atoms with E-state index in [0.717, 1.165) is 50.9 Å². The number of hydrogen-bond acceptors (Lipinski definition) is 3. The molecule has 0 aliphatic heterocycles. The summed E-state index contributed by atoms with van der Waals surface area (Å²) in [4.78, 5) is 7.27. The summed E-state index contributed by atoms with van der Waals surface area (Å²) < 4.78 is 0. The van der Waals surface area contributed by atoms with Gasteiger partial charge in [-0.25, -0.2) is 0 Å². The van der Waals surface area contributed by atoms with Gasteiger partial charge in [-0.15, -0.1) is 24.0 Å². The third-order valence-electron chi connectivity index (χ3n) is 5.44. The predicted molar refractivity (Wildman–Crippen MR) is 114 cm³/mol. The second-order valence-corrected chi connectivity index (χ2v) is 7.00. The summed E-state index contributed by atoms with van der Waals surface area (Å²) in [6.07, 6.45) is 5.60. The number of rotatable bonds is 11. The van der Waals surface area contributed by atoms with Gasteiger partial charge in [0, 0.05) is 38.3 Å². The average Bonchev–Trinajstić information content (AvgIpc) is 3.40. The van der Waals surface area contributed by atoms with Crippen LogP contribution in [0.3, 0.4) is 0 Å². The first-order chi connectivity index (χ1) is 11.0. The van der Waals surface area contributed by atoms with Gasteiger partial charge in [-0.05, 0) is 58.4 Å². The van der Waals surface area contributed by atoms with Crippen LogP contribution in [-0.2, 0) is 0 Å². The Morgan fingerprint density at radius 2 is 1.88 bits per heavy atom. The molecule has 5 nitrogen and oxygen atoms in total. The lowest BCUT2D eigenvalue weighted by Crippen LogP contribution is -2.45. The van der Waals surface area contributed by atoms with Crippen molar-refractivity contribution in [3.63, 3.8) is 0 Å². The van der Waals surface area contributed by atoms with E-state index in [-0.39, 0.29) is 36.0 Å². The maximum Gasteiger partial charge on any atom is 0.191 e. The van der Waals surface area contributed by atoms with Gasteiger partial charge in [-0.2, -0.15) is 0 Å². The molecule has 0 radical (unpaired) electrons. The van der Waals surface area contributed by atoms with Crippen molar-refractivity contribution in [2.75, 3.05) is 33.3 Å². The molecule has 0 aromatic rings. The quantitative estimate of drug-likeness (QED) is 0.255. The van der Waals surface area contributed by atoms with E-state index in [2.05, 4.69) is 50.3 Å². The summed E-state index contributed by atoms with van der Waals surface area (Å²) >= 11 is 0. The summed E-state index contributed by atoms with van der Waals surface area (Å²) in [6.45, 7) is 11.5. The fourth-order valence-electron chi connectivity index (χ4n) is 2.96. The highest BCUT2D eigenvalue weighted by Crippen LogP contribution is 2.30. The molecule has 1 aliphatic carbocycles. The number of guanidine groups is 1. The minimum Gasteiger partial charge on any atom is -0.396 e. The lowest BCUT2D eigenvalue weighted by Gasteiger charge is -2.30. The van der Waals surface area contributed by atoms with Crippen LogP contribution in [0.2, 0.25) is 0 Å². The molecular formula is C18H39IN4O.